The molecule has 1 unspecified atom stereocenters. The fourth-order valence-electron chi connectivity index (χ4n) is 3.55. The van der Waals surface area contributed by atoms with Crippen LogP contribution >= 0.6 is 0 Å². The Morgan fingerprint density at radius 2 is 1.86 bits per heavy atom. The molecular weight excluding hydrogens is 366 g/mol. The van der Waals surface area contributed by atoms with Gasteiger partial charge in [-0.05, 0) is 56.2 Å². The summed E-state index contributed by atoms with van der Waals surface area (Å²) in [4.78, 5) is 22.9. The highest BCUT2D eigenvalue weighted by Crippen LogP contribution is 2.36. The maximum atomic E-state index is 12.4. The molecule has 0 aliphatic carbocycles. The van der Waals surface area contributed by atoms with E-state index in [1.807, 2.05) is 61.5 Å². The van der Waals surface area contributed by atoms with Crippen LogP contribution in [0.1, 0.15) is 30.3 Å². The lowest BCUT2D eigenvalue weighted by atomic mass is 10.0. The van der Waals surface area contributed by atoms with Crippen molar-refractivity contribution in [3.63, 3.8) is 0 Å². The van der Waals surface area contributed by atoms with Crippen molar-refractivity contribution in [2.24, 2.45) is 5.73 Å². The van der Waals surface area contributed by atoms with E-state index in [0.717, 1.165) is 36.5 Å². The molecule has 0 fully saturated rings. The molecule has 2 heterocycles. The number of carbonyl (C=O) groups excluding carboxylic acids is 1. The van der Waals surface area contributed by atoms with E-state index < -0.39 is 6.03 Å². The Kier molecular flexibility index (Phi) is 5.29. The second-order valence-corrected chi connectivity index (χ2v) is 6.92. The van der Waals surface area contributed by atoms with Crippen LogP contribution in [0.3, 0.4) is 0 Å². The number of rotatable bonds is 4. The maximum absolute atomic E-state index is 12.4. The van der Waals surface area contributed by atoms with Crippen LogP contribution in [0.2, 0.25) is 0 Å². The molecule has 3 aromatic rings. The van der Waals surface area contributed by atoms with Gasteiger partial charge in [-0.3, -0.25) is 4.90 Å². The fourth-order valence-corrected chi connectivity index (χ4v) is 3.55. The predicted molar refractivity (Wildman–Crippen MR) is 112 cm³/mol. The van der Waals surface area contributed by atoms with Crippen molar-refractivity contribution in [3.8, 4) is 11.5 Å². The smallest absolute Gasteiger partial charge is 0.319 e. The van der Waals surface area contributed by atoms with Crippen LogP contribution in [0.25, 0.3) is 0 Å². The number of nitrogens with two attached hydrogens (primary N) is 1. The number of aromatic nitrogens is 2. The van der Waals surface area contributed by atoms with Gasteiger partial charge in [0.25, 0.3) is 0 Å². The highest BCUT2D eigenvalue weighted by atomic mass is 16.5. The van der Waals surface area contributed by atoms with Gasteiger partial charge in [-0.1, -0.05) is 18.2 Å². The number of nitrogens with one attached hydrogen (secondary N) is 1. The normalized spacial score (nSPS) is 15.6. The van der Waals surface area contributed by atoms with Crippen LogP contribution in [0, 0.1) is 6.92 Å². The number of primary amides is 1. The number of aryl methyl sites for hydroxylation is 1. The number of carbonyl (C=O) groups is 1. The van der Waals surface area contributed by atoms with Gasteiger partial charge >= 0.3 is 6.03 Å². The highest BCUT2D eigenvalue weighted by molar-refractivity contribution is 5.92. The molecule has 0 spiro atoms. The Hall–Kier alpha value is -3.61. The van der Waals surface area contributed by atoms with Crippen molar-refractivity contribution < 1.29 is 9.53 Å². The summed E-state index contributed by atoms with van der Waals surface area (Å²) in [5.74, 6) is 2.88. The molecule has 1 aromatic heterocycles. The van der Waals surface area contributed by atoms with Gasteiger partial charge in [0.15, 0.2) is 0 Å². The predicted octanol–water partition coefficient (Wildman–Crippen LogP) is 4.41. The zero-order chi connectivity index (χ0) is 20.2. The first-order chi connectivity index (χ1) is 14.1. The molecule has 0 bridgehead atoms. The van der Waals surface area contributed by atoms with E-state index in [2.05, 4.69) is 15.3 Å². The van der Waals surface area contributed by atoms with E-state index in [4.69, 9.17) is 10.5 Å². The third-order valence-corrected chi connectivity index (χ3v) is 4.89. The SMILES string of the molecule is Cc1ncc2c(n1)NCCCC2N(C(N)=O)c1ccc(Oc2ccccc2)cc1. The molecule has 7 heteroatoms. The minimum absolute atomic E-state index is 0.237. The molecule has 2 aromatic carbocycles. The van der Waals surface area contributed by atoms with Gasteiger partial charge in [0.2, 0.25) is 0 Å². The standard InChI is InChI=1S/C22H23N5O2/c1-15-25-14-19-20(8-5-13-24-21(19)26-15)27(22(23)28)16-9-11-18(12-10-16)29-17-6-3-2-4-7-17/h2-4,6-7,9-12,14,20H,5,8,13H2,1H3,(H2,23,28)(H,24,25,26). The topological polar surface area (TPSA) is 93.4 Å². The van der Waals surface area contributed by atoms with Crippen molar-refractivity contribution in [2.75, 3.05) is 16.8 Å². The molecule has 0 radical (unpaired) electrons. The first-order valence-electron chi connectivity index (χ1n) is 9.61. The molecule has 148 valence electrons. The monoisotopic (exact) mass is 389 g/mol. The lowest BCUT2D eigenvalue weighted by Crippen LogP contribution is -2.39. The van der Waals surface area contributed by atoms with Gasteiger partial charge in [0.05, 0.1) is 6.04 Å². The van der Waals surface area contributed by atoms with Gasteiger partial charge < -0.3 is 15.8 Å². The van der Waals surface area contributed by atoms with Crippen LogP contribution in [0.15, 0.2) is 60.8 Å². The maximum Gasteiger partial charge on any atom is 0.319 e. The summed E-state index contributed by atoms with van der Waals surface area (Å²) < 4.78 is 5.84. The van der Waals surface area contributed by atoms with Gasteiger partial charge in [-0.25, -0.2) is 14.8 Å². The third kappa shape index (κ3) is 4.13. The van der Waals surface area contributed by atoms with Crippen molar-refractivity contribution in [2.45, 2.75) is 25.8 Å². The summed E-state index contributed by atoms with van der Waals surface area (Å²) in [6.07, 6.45) is 3.43. The Morgan fingerprint density at radius 3 is 2.59 bits per heavy atom. The van der Waals surface area contributed by atoms with Crippen molar-refractivity contribution in [3.05, 3.63) is 72.2 Å². The molecule has 1 atom stereocenters. The van der Waals surface area contributed by atoms with E-state index in [1.165, 1.54) is 0 Å². The van der Waals surface area contributed by atoms with Crippen molar-refractivity contribution in [1.29, 1.82) is 0 Å². The summed E-state index contributed by atoms with van der Waals surface area (Å²) in [6, 6.07) is 16.2. The number of nitrogens with zero attached hydrogens (tertiary/aromatic N) is 3. The summed E-state index contributed by atoms with van der Waals surface area (Å²) in [5, 5.41) is 3.33. The van der Waals surface area contributed by atoms with Crippen LogP contribution in [-0.4, -0.2) is 22.5 Å². The van der Waals surface area contributed by atoms with Crippen LogP contribution in [-0.2, 0) is 0 Å². The van der Waals surface area contributed by atoms with Gasteiger partial charge in [-0.2, -0.15) is 0 Å². The molecule has 0 saturated carbocycles. The molecule has 7 nitrogen and oxygen atoms in total. The second kappa shape index (κ2) is 8.18. The Balaban J connectivity index is 1.64. The molecule has 1 aliphatic rings. The van der Waals surface area contributed by atoms with E-state index in [9.17, 15) is 4.79 Å². The largest absolute Gasteiger partial charge is 0.457 e. The van der Waals surface area contributed by atoms with Gasteiger partial charge in [0.1, 0.15) is 23.1 Å². The molecule has 2 amide bonds. The molecule has 1 aliphatic heterocycles. The third-order valence-electron chi connectivity index (χ3n) is 4.89. The zero-order valence-electron chi connectivity index (χ0n) is 16.2. The number of hydrogen-bond donors (Lipinski definition) is 2. The lowest BCUT2D eigenvalue weighted by molar-refractivity contribution is 0.251. The van der Waals surface area contributed by atoms with E-state index >= 15 is 0 Å². The minimum atomic E-state index is -0.514. The first-order valence-corrected chi connectivity index (χ1v) is 9.61. The number of urea groups is 1. The minimum Gasteiger partial charge on any atom is -0.457 e. The number of para-hydroxylation sites is 1. The Bertz CT molecular complexity index is 992. The molecule has 29 heavy (non-hydrogen) atoms. The molecular formula is C22H23N5O2. The van der Waals surface area contributed by atoms with E-state index in [1.54, 1.807) is 11.1 Å². The Labute approximate surface area is 169 Å². The molecule has 3 N–H and O–H groups in total. The van der Waals surface area contributed by atoms with E-state index in [0.29, 0.717) is 17.3 Å². The summed E-state index contributed by atoms with van der Waals surface area (Å²) in [5.41, 5.74) is 7.37. The number of benzene rings is 2. The Morgan fingerprint density at radius 1 is 1.14 bits per heavy atom. The average Bonchev–Trinajstić information content (AvgIpc) is 2.92. The average molecular weight is 389 g/mol. The molecule has 4 rings (SSSR count). The van der Waals surface area contributed by atoms with Crippen molar-refractivity contribution in [1.82, 2.24) is 9.97 Å². The fraction of sp³-hybridized carbons (Fsp3) is 0.227. The summed E-state index contributed by atoms with van der Waals surface area (Å²) >= 11 is 0. The number of hydrogen-bond acceptors (Lipinski definition) is 5. The van der Waals surface area contributed by atoms with Crippen LogP contribution in [0.4, 0.5) is 16.3 Å². The number of fused-ring (bicyclic) bond motifs is 1. The highest BCUT2D eigenvalue weighted by Gasteiger charge is 2.29. The number of anilines is 2. The van der Waals surface area contributed by atoms with Crippen molar-refractivity contribution >= 4 is 17.5 Å². The number of ether oxygens (including phenoxy) is 1. The second-order valence-electron chi connectivity index (χ2n) is 6.92. The summed E-state index contributed by atoms with van der Waals surface area (Å²) in [6.45, 7) is 2.63. The zero-order valence-corrected chi connectivity index (χ0v) is 16.2. The van der Waals surface area contributed by atoms with Gasteiger partial charge in [-0.15, -0.1) is 0 Å². The first kappa shape index (κ1) is 18.7. The van der Waals surface area contributed by atoms with Crippen LogP contribution in [0.5, 0.6) is 11.5 Å². The van der Waals surface area contributed by atoms with Gasteiger partial charge in [0, 0.05) is 24.0 Å². The molecule has 0 saturated heterocycles. The van der Waals surface area contributed by atoms with E-state index in [-0.39, 0.29) is 6.04 Å². The lowest BCUT2D eigenvalue weighted by Gasteiger charge is -2.30. The quantitative estimate of drug-likeness (QED) is 0.689. The summed E-state index contributed by atoms with van der Waals surface area (Å²) in [7, 11) is 0. The van der Waals surface area contributed by atoms with Crippen LogP contribution < -0.4 is 20.7 Å². The number of amides is 2.